The lowest BCUT2D eigenvalue weighted by Crippen LogP contribution is -2.23. The van der Waals surface area contributed by atoms with Crippen LogP contribution in [-0.4, -0.2) is 19.1 Å². The van der Waals surface area contributed by atoms with Gasteiger partial charge in [-0.25, -0.2) is 0 Å². The second-order valence-corrected chi connectivity index (χ2v) is 7.23. The van der Waals surface area contributed by atoms with Crippen LogP contribution in [0.25, 0.3) is 0 Å². The second-order valence-electron chi connectivity index (χ2n) is 7.23. The van der Waals surface area contributed by atoms with Crippen molar-refractivity contribution in [2.24, 2.45) is 23.7 Å². The lowest BCUT2D eigenvalue weighted by Gasteiger charge is -2.21. The summed E-state index contributed by atoms with van der Waals surface area (Å²) < 4.78 is 0. The van der Waals surface area contributed by atoms with E-state index in [9.17, 15) is 0 Å². The highest BCUT2D eigenvalue weighted by Gasteiger charge is 2.64. The van der Waals surface area contributed by atoms with Gasteiger partial charge >= 0.3 is 0 Å². The monoisotopic (exact) mass is 284 g/mol. The first-order chi connectivity index (χ1) is 10.3. The van der Waals surface area contributed by atoms with E-state index in [0.29, 0.717) is 0 Å². The Bertz CT molecular complexity index is 475. The van der Waals surface area contributed by atoms with Crippen LogP contribution in [0.15, 0.2) is 24.3 Å². The number of nitrogens with zero attached hydrogens (tertiary/aromatic N) is 1. The molecule has 3 aliphatic rings. The molecule has 2 bridgehead atoms. The molecule has 3 fully saturated rings. The minimum absolute atomic E-state index is 0.846. The molecular weight excluding hydrogens is 256 g/mol. The molecule has 0 heterocycles. The van der Waals surface area contributed by atoms with Crippen LogP contribution in [0, 0.1) is 23.7 Å². The molecule has 1 aromatic rings. The summed E-state index contributed by atoms with van der Waals surface area (Å²) in [5.41, 5.74) is 2.79. The van der Waals surface area contributed by atoms with E-state index < -0.39 is 0 Å². The Morgan fingerprint density at radius 1 is 1.00 bits per heavy atom. The normalized spacial score (nSPS) is 35.8. The van der Waals surface area contributed by atoms with Crippen molar-refractivity contribution in [3.63, 3.8) is 0 Å². The zero-order valence-electron chi connectivity index (χ0n) is 13.4. The zero-order chi connectivity index (χ0) is 14.4. The maximum absolute atomic E-state index is 3.84. The number of benzene rings is 1. The molecule has 114 valence electrons. The van der Waals surface area contributed by atoms with E-state index >= 15 is 0 Å². The molecule has 0 spiro atoms. The first kappa shape index (κ1) is 13.6. The van der Waals surface area contributed by atoms with Crippen LogP contribution in [0.2, 0.25) is 0 Å². The summed E-state index contributed by atoms with van der Waals surface area (Å²) in [5.74, 6) is 4.22. The first-order valence-electron chi connectivity index (χ1n) is 8.89. The maximum atomic E-state index is 3.84. The fourth-order valence-electron chi connectivity index (χ4n) is 5.25. The van der Waals surface area contributed by atoms with Crippen LogP contribution in [0.5, 0.6) is 0 Å². The van der Waals surface area contributed by atoms with Gasteiger partial charge in [0.1, 0.15) is 0 Å². The topological polar surface area (TPSA) is 15.3 Å². The fraction of sp³-hybridized carbons (Fsp3) is 0.684. The molecule has 3 aliphatic carbocycles. The predicted octanol–water partition coefficient (Wildman–Crippen LogP) is 3.67. The number of hydrogen-bond donors (Lipinski definition) is 1. The Morgan fingerprint density at radius 3 is 2.19 bits per heavy atom. The fourth-order valence-corrected chi connectivity index (χ4v) is 5.25. The molecule has 1 aromatic carbocycles. The molecule has 2 nitrogen and oxygen atoms in total. The van der Waals surface area contributed by atoms with Crippen LogP contribution < -0.4 is 10.2 Å². The van der Waals surface area contributed by atoms with Crippen molar-refractivity contribution in [3.05, 3.63) is 29.8 Å². The lowest BCUT2D eigenvalue weighted by molar-refractivity contribution is 0.456. The molecule has 0 radical (unpaired) electrons. The highest BCUT2D eigenvalue weighted by Crippen LogP contribution is 2.65. The Kier molecular flexibility index (Phi) is 3.45. The van der Waals surface area contributed by atoms with Gasteiger partial charge < -0.3 is 10.2 Å². The molecule has 4 unspecified atom stereocenters. The van der Waals surface area contributed by atoms with E-state index in [1.54, 1.807) is 6.42 Å². The Morgan fingerprint density at radius 2 is 1.62 bits per heavy atom. The average molecular weight is 284 g/mol. The van der Waals surface area contributed by atoms with Crippen molar-refractivity contribution in [2.75, 3.05) is 18.0 Å². The number of nitrogens with one attached hydrogen (secondary N) is 1. The minimum Gasteiger partial charge on any atom is -0.372 e. The van der Waals surface area contributed by atoms with Gasteiger partial charge in [-0.1, -0.05) is 12.1 Å². The summed E-state index contributed by atoms with van der Waals surface area (Å²) in [6, 6.07) is 10.0. The predicted molar refractivity (Wildman–Crippen MR) is 88.4 cm³/mol. The molecule has 2 heteroatoms. The van der Waals surface area contributed by atoms with Gasteiger partial charge in [0.05, 0.1) is 0 Å². The molecule has 4 rings (SSSR count). The summed E-state index contributed by atoms with van der Waals surface area (Å²) in [7, 11) is 0. The van der Waals surface area contributed by atoms with Crippen LogP contribution in [0.4, 0.5) is 5.69 Å². The van der Waals surface area contributed by atoms with Crippen molar-refractivity contribution >= 4 is 5.69 Å². The van der Waals surface area contributed by atoms with E-state index in [1.165, 1.54) is 24.1 Å². The van der Waals surface area contributed by atoms with Gasteiger partial charge in [0.2, 0.25) is 0 Å². The molecule has 0 aliphatic heterocycles. The van der Waals surface area contributed by atoms with Crippen molar-refractivity contribution in [1.29, 1.82) is 0 Å². The highest BCUT2D eigenvalue weighted by atomic mass is 15.1. The third kappa shape index (κ3) is 2.28. The van der Waals surface area contributed by atoms with Crippen molar-refractivity contribution in [3.8, 4) is 0 Å². The van der Waals surface area contributed by atoms with E-state index in [2.05, 4.69) is 48.3 Å². The van der Waals surface area contributed by atoms with Gasteiger partial charge in [-0.15, -0.1) is 0 Å². The standard InChI is InChI=1S/C19H28N2/c1-3-21(4-2)16-9-5-13(6-10-16)12-20-19-17-14-7-8-15(11-14)18(17)19/h5-6,9-10,14-15,17-20H,3-4,7-8,11-12H2,1-2H3. The quantitative estimate of drug-likeness (QED) is 0.857. The van der Waals surface area contributed by atoms with E-state index in [4.69, 9.17) is 0 Å². The molecule has 1 N–H and O–H groups in total. The average Bonchev–Trinajstić information content (AvgIpc) is 2.90. The smallest absolute Gasteiger partial charge is 0.0366 e. The summed E-state index contributed by atoms with van der Waals surface area (Å²) in [6.07, 6.45) is 4.58. The second kappa shape index (κ2) is 5.31. The number of rotatable bonds is 6. The zero-order valence-corrected chi connectivity index (χ0v) is 13.4. The third-order valence-electron chi connectivity index (χ3n) is 6.34. The molecular formula is C19H28N2. The van der Waals surface area contributed by atoms with E-state index in [-0.39, 0.29) is 0 Å². The number of anilines is 1. The SMILES string of the molecule is CCN(CC)c1ccc(CNC2C3C4CCC(C4)C23)cc1. The molecule has 21 heavy (non-hydrogen) atoms. The molecule has 0 amide bonds. The summed E-state index contributed by atoms with van der Waals surface area (Å²) in [4.78, 5) is 2.40. The lowest BCUT2D eigenvalue weighted by atomic mass is 10.0. The van der Waals surface area contributed by atoms with Crippen molar-refractivity contribution < 1.29 is 0 Å². The van der Waals surface area contributed by atoms with Crippen LogP contribution in [0.1, 0.15) is 38.7 Å². The van der Waals surface area contributed by atoms with Gasteiger partial charge in [-0.05, 0) is 74.5 Å². The van der Waals surface area contributed by atoms with E-state index in [0.717, 1.165) is 49.3 Å². The Labute approximate surface area is 128 Å². The molecule has 4 atom stereocenters. The molecule has 0 aromatic heterocycles. The number of fused-ring (bicyclic) bond motifs is 5. The van der Waals surface area contributed by atoms with Gasteiger partial charge in [-0.2, -0.15) is 0 Å². The van der Waals surface area contributed by atoms with Crippen LogP contribution in [-0.2, 0) is 6.54 Å². The summed E-state index contributed by atoms with van der Waals surface area (Å²) in [5, 5.41) is 3.84. The van der Waals surface area contributed by atoms with Crippen LogP contribution >= 0.6 is 0 Å². The third-order valence-corrected chi connectivity index (χ3v) is 6.34. The van der Waals surface area contributed by atoms with E-state index in [1.807, 2.05) is 0 Å². The van der Waals surface area contributed by atoms with Crippen LogP contribution in [0.3, 0.4) is 0 Å². The largest absolute Gasteiger partial charge is 0.372 e. The highest BCUT2D eigenvalue weighted by molar-refractivity contribution is 5.47. The Balaban J connectivity index is 1.32. The maximum Gasteiger partial charge on any atom is 0.0366 e. The summed E-state index contributed by atoms with van der Waals surface area (Å²) >= 11 is 0. The Hall–Kier alpha value is -1.02. The van der Waals surface area contributed by atoms with Crippen molar-refractivity contribution in [2.45, 2.75) is 45.7 Å². The van der Waals surface area contributed by atoms with Gasteiger partial charge in [-0.3, -0.25) is 0 Å². The molecule has 0 saturated heterocycles. The minimum atomic E-state index is 0.846. The molecule has 3 saturated carbocycles. The van der Waals surface area contributed by atoms with Gasteiger partial charge in [0.15, 0.2) is 0 Å². The first-order valence-corrected chi connectivity index (χ1v) is 8.89. The van der Waals surface area contributed by atoms with Gasteiger partial charge in [0.25, 0.3) is 0 Å². The van der Waals surface area contributed by atoms with Gasteiger partial charge in [0, 0.05) is 31.4 Å². The number of hydrogen-bond acceptors (Lipinski definition) is 2. The van der Waals surface area contributed by atoms with Crippen molar-refractivity contribution in [1.82, 2.24) is 5.32 Å². The summed E-state index contributed by atoms with van der Waals surface area (Å²) in [6.45, 7) is 7.67.